The predicted molar refractivity (Wildman–Crippen MR) is 103 cm³/mol. The highest BCUT2D eigenvalue weighted by atomic mass is 31.3. The Kier molecular flexibility index (Phi) is 7.40. The fourth-order valence-corrected chi connectivity index (χ4v) is 6.08. The van der Waals surface area contributed by atoms with Gasteiger partial charge >= 0.3 is 29.5 Å². The summed E-state index contributed by atoms with van der Waals surface area (Å²) in [4.78, 5) is 49.1. The summed E-state index contributed by atoms with van der Waals surface area (Å²) in [5.41, 5.74) is -3.32. The second-order valence-electron chi connectivity index (χ2n) is 7.40. The van der Waals surface area contributed by atoms with Crippen LogP contribution in [0.5, 0.6) is 0 Å². The van der Waals surface area contributed by atoms with Gasteiger partial charge in [0.1, 0.15) is 17.3 Å². The van der Waals surface area contributed by atoms with E-state index in [1.165, 1.54) is 6.20 Å². The predicted octanol–water partition coefficient (Wildman–Crippen LogP) is -0.000700. The van der Waals surface area contributed by atoms with E-state index in [2.05, 4.69) is 25.0 Å². The summed E-state index contributed by atoms with van der Waals surface area (Å²) in [5, 5.41) is 23.7. The van der Waals surface area contributed by atoms with E-state index in [1.807, 2.05) is 0 Å². The van der Waals surface area contributed by atoms with Gasteiger partial charge in [-0.15, -0.1) is 0 Å². The Labute approximate surface area is 181 Å². The third-order valence-electron chi connectivity index (χ3n) is 4.50. The third-order valence-corrected chi connectivity index (χ3v) is 8.28. The number of ether oxygens (including phenoxy) is 1. The molecule has 0 aromatic carbocycles. The maximum atomic E-state index is 12.3. The van der Waals surface area contributed by atoms with Gasteiger partial charge in [-0.25, -0.2) is 18.5 Å². The van der Waals surface area contributed by atoms with E-state index >= 15 is 0 Å². The van der Waals surface area contributed by atoms with Gasteiger partial charge in [-0.2, -0.15) is 8.62 Å². The van der Waals surface area contributed by atoms with Gasteiger partial charge in [-0.05, 0) is 26.3 Å². The van der Waals surface area contributed by atoms with E-state index in [4.69, 9.17) is 14.5 Å². The molecule has 2 aliphatic rings. The Hall–Kier alpha value is -0.960. The maximum Gasteiger partial charge on any atom is 0.490 e. The largest absolute Gasteiger partial charge is 0.490 e. The van der Waals surface area contributed by atoms with Crippen LogP contribution in [0.25, 0.3) is 0 Å². The summed E-state index contributed by atoms with van der Waals surface area (Å²) in [7, 11) is -16.8. The average molecular weight is 524 g/mol. The lowest BCUT2D eigenvalue weighted by molar-refractivity contribution is -0.126. The van der Waals surface area contributed by atoms with E-state index in [9.17, 15) is 38.5 Å². The molecule has 0 radical (unpaired) electrons. The normalized spacial score (nSPS) is 35.2. The van der Waals surface area contributed by atoms with Gasteiger partial charge in [0.05, 0.1) is 6.61 Å². The molecule has 0 aliphatic carbocycles. The molecule has 2 aliphatic heterocycles. The molecule has 0 aromatic heterocycles. The molecule has 0 saturated carbocycles. The van der Waals surface area contributed by atoms with Crippen molar-refractivity contribution in [2.75, 3.05) is 6.61 Å². The van der Waals surface area contributed by atoms with Gasteiger partial charge in [0.15, 0.2) is 6.23 Å². The molecule has 6 atom stereocenters. The van der Waals surface area contributed by atoms with Crippen LogP contribution >= 0.6 is 23.5 Å². The van der Waals surface area contributed by atoms with Crippen LogP contribution < -0.4 is 5.32 Å². The summed E-state index contributed by atoms with van der Waals surface area (Å²) in [6, 6.07) is -0.754. The van der Waals surface area contributed by atoms with E-state index in [-0.39, 0.29) is 0 Å². The number of phosphoric acid groups is 3. The number of hydrogen-bond acceptors (Lipinski definition) is 10. The molecule has 0 spiro atoms. The molecule has 16 nitrogen and oxygen atoms in total. The number of aliphatic hydroxyl groups excluding tert-OH is 1. The molecule has 2 amide bonds. The van der Waals surface area contributed by atoms with Crippen molar-refractivity contribution in [3.8, 4) is 0 Å². The zero-order chi connectivity index (χ0) is 24.9. The van der Waals surface area contributed by atoms with Crippen molar-refractivity contribution < 1.29 is 66.2 Å². The highest BCUT2D eigenvalue weighted by Gasteiger charge is 2.62. The molecule has 1 fully saturated rings. The summed E-state index contributed by atoms with van der Waals surface area (Å²) in [5.74, 6) is 0. The standard InChI is InChI=1S/C13H23N2O14P3/c1-7-5-15(11(17)14-8(7)2)10-13(4,18)9(16)12(3,27-10)6-26-31(22,23)29-32(24,25)28-30(19,20)21/h5,9-10,16,18H,2,6H2,1,3-4H3,(H,14,17)(H,22,23)(H,24,25)(H2,19,20,21)/t9-,10+,12+,13?/m0/s1. The van der Waals surface area contributed by atoms with Crippen LogP contribution in [0, 0.1) is 0 Å². The van der Waals surface area contributed by atoms with Gasteiger partial charge in [-0.1, -0.05) is 6.58 Å². The lowest BCUT2D eigenvalue weighted by Crippen LogP contribution is -2.56. The molecule has 1 saturated heterocycles. The smallest absolute Gasteiger partial charge is 0.387 e. The number of phosphoric ester groups is 1. The van der Waals surface area contributed by atoms with Gasteiger partial charge in [-0.3, -0.25) is 9.42 Å². The van der Waals surface area contributed by atoms with Crippen LogP contribution in [0.4, 0.5) is 4.79 Å². The molecule has 0 bridgehead atoms. The first-order valence-electron chi connectivity index (χ1n) is 8.53. The fourth-order valence-electron chi connectivity index (χ4n) is 2.97. The molecule has 19 heteroatoms. The number of allylic oxidation sites excluding steroid dienone is 1. The van der Waals surface area contributed by atoms with Crippen molar-refractivity contribution in [3.63, 3.8) is 0 Å². The van der Waals surface area contributed by atoms with Crippen LogP contribution in [-0.4, -0.2) is 70.9 Å². The van der Waals surface area contributed by atoms with E-state index in [0.717, 1.165) is 18.7 Å². The Morgan fingerprint density at radius 3 is 2.28 bits per heavy atom. The number of amides is 2. The summed E-state index contributed by atoms with van der Waals surface area (Å²) in [6.45, 7) is 6.43. The molecular weight excluding hydrogens is 501 g/mol. The van der Waals surface area contributed by atoms with Crippen LogP contribution in [-0.2, 0) is 31.6 Å². The minimum absolute atomic E-state index is 0.292. The Morgan fingerprint density at radius 1 is 1.19 bits per heavy atom. The molecular formula is C13H23N2O14P3. The quantitative estimate of drug-likeness (QED) is 0.207. The van der Waals surface area contributed by atoms with Crippen molar-refractivity contribution in [2.45, 2.75) is 44.3 Å². The first-order chi connectivity index (χ1) is 14.2. The van der Waals surface area contributed by atoms with Crippen molar-refractivity contribution >= 4 is 29.5 Å². The number of aliphatic hydroxyl groups is 2. The molecule has 2 rings (SSSR count). The minimum atomic E-state index is -5.75. The first kappa shape index (κ1) is 27.3. The summed E-state index contributed by atoms with van der Waals surface area (Å²) in [6.07, 6.45) is -2.06. The van der Waals surface area contributed by atoms with Crippen LogP contribution in [0.3, 0.4) is 0 Å². The van der Waals surface area contributed by atoms with Crippen molar-refractivity contribution in [1.29, 1.82) is 0 Å². The zero-order valence-corrected chi connectivity index (χ0v) is 19.6. The minimum Gasteiger partial charge on any atom is -0.387 e. The van der Waals surface area contributed by atoms with E-state index in [0.29, 0.717) is 11.3 Å². The number of nitrogens with zero attached hydrogens (tertiary/aromatic N) is 1. The monoisotopic (exact) mass is 524 g/mol. The van der Waals surface area contributed by atoms with Crippen LogP contribution in [0.15, 0.2) is 24.0 Å². The van der Waals surface area contributed by atoms with Crippen LogP contribution in [0.2, 0.25) is 0 Å². The summed E-state index contributed by atoms with van der Waals surface area (Å²) < 4.78 is 51.3. The molecule has 184 valence electrons. The summed E-state index contributed by atoms with van der Waals surface area (Å²) >= 11 is 0. The van der Waals surface area contributed by atoms with Gasteiger partial charge in [0.2, 0.25) is 0 Å². The van der Waals surface area contributed by atoms with Gasteiger partial charge in [0, 0.05) is 11.9 Å². The first-order valence-corrected chi connectivity index (χ1v) is 13.0. The second kappa shape index (κ2) is 8.67. The van der Waals surface area contributed by atoms with Gasteiger partial charge in [0.25, 0.3) is 0 Å². The number of hydrogen-bond donors (Lipinski definition) is 7. The lowest BCUT2D eigenvalue weighted by atomic mass is 9.89. The molecule has 7 N–H and O–H groups in total. The Bertz CT molecular complexity index is 975. The van der Waals surface area contributed by atoms with E-state index < -0.39 is 59.6 Å². The van der Waals surface area contributed by atoms with Crippen molar-refractivity contribution in [1.82, 2.24) is 10.2 Å². The zero-order valence-electron chi connectivity index (χ0n) is 16.9. The average Bonchev–Trinajstić information content (AvgIpc) is 2.74. The third kappa shape index (κ3) is 6.13. The SMILES string of the molecule is C=C1NC(=O)N([C@@H]2O[C@](C)(COP(=O)(O)OP(=O)(O)OP(=O)(O)O)[C@H](O)C2(C)O)C=C1C. The topological polar surface area (TPSA) is 242 Å². The number of carbonyl (C=O) groups excluding carboxylic acids is 1. The highest BCUT2D eigenvalue weighted by molar-refractivity contribution is 7.66. The number of nitrogens with one attached hydrogen (secondary N) is 1. The molecule has 2 heterocycles. The van der Waals surface area contributed by atoms with Crippen molar-refractivity contribution in [2.24, 2.45) is 0 Å². The number of rotatable bonds is 8. The van der Waals surface area contributed by atoms with Crippen LogP contribution in [0.1, 0.15) is 20.8 Å². The maximum absolute atomic E-state index is 12.3. The van der Waals surface area contributed by atoms with Gasteiger partial charge < -0.3 is 39.8 Å². The Balaban J connectivity index is 2.19. The lowest BCUT2D eigenvalue weighted by Gasteiger charge is -2.36. The highest BCUT2D eigenvalue weighted by Crippen LogP contribution is 2.66. The second-order valence-corrected chi connectivity index (χ2v) is 11.8. The van der Waals surface area contributed by atoms with Crippen molar-refractivity contribution in [3.05, 3.63) is 24.0 Å². The Morgan fingerprint density at radius 2 is 1.75 bits per heavy atom. The van der Waals surface area contributed by atoms with E-state index in [1.54, 1.807) is 6.92 Å². The number of urea groups is 1. The molecule has 3 unspecified atom stereocenters. The fraction of sp³-hybridized carbons (Fsp3) is 0.615. The molecule has 0 aromatic rings. The molecule has 32 heavy (non-hydrogen) atoms. The number of carbonyl (C=O) groups is 1.